The second-order valence-electron chi connectivity index (χ2n) is 6.66. The molecule has 0 aromatic heterocycles. The van der Waals surface area contributed by atoms with E-state index in [1.807, 2.05) is 0 Å². The smallest absolute Gasteiger partial charge is 0.0777 e. The van der Waals surface area contributed by atoms with Crippen LogP contribution in [0.2, 0.25) is 19.6 Å². The van der Waals surface area contributed by atoms with Gasteiger partial charge in [0.15, 0.2) is 0 Å². The lowest BCUT2D eigenvalue weighted by Crippen LogP contribution is -2.38. The van der Waals surface area contributed by atoms with Crippen molar-refractivity contribution in [2.75, 3.05) is 18.0 Å². The van der Waals surface area contributed by atoms with Crippen LogP contribution in [0.25, 0.3) is 10.8 Å². The average molecular weight is 269 g/mol. The molecule has 0 N–H and O–H groups in total. The lowest BCUT2D eigenvalue weighted by molar-refractivity contribution is 0.949. The average Bonchev–Trinajstić information content (AvgIpc) is 2.90. The molecule has 0 atom stereocenters. The highest BCUT2D eigenvalue weighted by Gasteiger charge is 2.21. The molecule has 1 saturated heterocycles. The molecule has 2 aromatic rings. The van der Waals surface area contributed by atoms with Crippen molar-refractivity contribution in [2.45, 2.75) is 32.5 Å². The summed E-state index contributed by atoms with van der Waals surface area (Å²) in [5.41, 5.74) is 1.47. The van der Waals surface area contributed by atoms with Gasteiger partial charge in [-0.3, -0.25) is 0 Å². The number of fused-ring (bicyclic) bond motifs is 1. The topological polar surface area (TPSA) is 3.24 Å². The van der Waals surface area contributed by atoms with Crippen LogP contribution in [-0.4, -0.2) is 21.2 Å². The monoisotopic (exact) mass is 269 g/mol. The summed E-state index contributed by atoms with van der Waals surface area (Å²) in [5, 5.41) is 4.41. The summed E-state index contributed by atoms with van der Waals surface area (Å²) in [6, 6.07) is 13.7. The Kier molecular flexibility index (Phi) is 3.13. The summed E-state index contributed by atoms with van der Waals surface area (Å²) < 4.78 is 0. The van der Waals surface area contributed by atoms with E-state index in [0.29, 0.717) is 0 Å². The molecule has 2 heteroatoms. The molecule has 100 valence electrons. The van der Waals surface area contributed by atoms with Gasteiger partial charge >= 0.3 is 0 Å². The fraction of sp³-hybridized carbons (Fsp3) is 0.412. The predicted octanol–water partition coefficient (Wildman–Crippen LogP) is 3.99. The summed E-state index contributed by atoms with van der Waals surface area (Å²) in [6.07, 6.45) is 2.68. The summed E-state index contributed by atoms with van der Waals surface area (Å²) >= 11 is 0. The van der Waals surface area contributed by atoms with Crippen LogP contribution < -0.4 is 10.1 Å². The van der Waals surface area contributed by atoms with Crippen molar-refractivity contribution >= 4 is 29.7 Å². The van der Waals surface area contributed by atoms with E-state index >= 15 is 0 Å². The third-order valence-electron chi connectivity index (χ3n) is 4.15. The van der Waals surface area contributed by atoms with E-state index in [1.165, 1.54) is 42.4 Å². The molecule has 1 heterocycles. The maximum Gasteiger partial charge on any atom is 0.0777 e. The molecular formula is C17H23NSi. The Balaban J connectivity index is 2.21. The summed E-state index contributed by atoms with van der Waals surface area (Å²) in [6.45, 7) is 9.75. The minimum absolute atomic E-state index is 1.22. The minimum Gasteiger partial charge on any atom is -0.371 e. The Labute approximate surface area is 117 Å². The normalized spacial score (nSPS) is 16.3. The van der Waals surface area contributed by atoms with Gasteiger partial charge in [0.05, 0.1) is 8.07 Å². The molecule has 0 bridgehead atoms. The second kappa shape index (κ2) is 4.68. The quantitative estimate of drug-likeness (QED) is 0.745. The van der Waals surface area contributed by atoms with Crippen LogP contribution in [0.5, 0.6) is 0 Å². The largest absolute Gasteiger partial charge is 0.371 e. The number of nitrogens with zero attached hydrogens (tertiary/aromatic N) is 1. The number of benzene rings is 2. The number of rotatable bonds is 2. The summed E-state index contributed by atoms with van der Waals surface area (Å²) in [4.78, 5) is 2.58. The molecule has 3 rings (SSSR count). The van der Waals surface area contributed by atoms with Crippen molar-refractivity contribution in [3.8, 4) is 0 Å². The van der Waals surface area contributed by atoms with Crippen molar-refractivity contribution in [1.82, 2.24) is 0 Å². The Morgan fingerprint density at radius 2 is 1.63 bits per heavy atom. The van der Waals surface area contributed by atoms with Gasteiger partial charge in [-0.15, -0.1) is 0 Å². The van der Waals surface area contributed by atoms with E-state index in [1.54, 1.807) is 5.19 Å². The van der Waals surface area contributed by atoms with Crippen LogP contribution in [0.3, 0.4) is 0 Å². The Bertz CT molecular complexity index is 592. The highest BCUT2D eigenvalue weighted by Crippen LogP contribution is 2.29. The molecule has 1 fully saturated rings. The molecule has 0 unspecified atom stereocenters. The highest BCUT2D eigenvalue weighted by atomic mass is 28.3. The Hall–Kier alpha value is -1.28. The number of hydrogen-bond donors (Lipinski definition) is 0. The molecule has 0 aliphatic carbocycles. The summed E-state index contributed by atoms with van der Waals surface area (Å²) in [5.74, 6) is 0. The lowest BCUT2D eigenvalue weighted by atomic mass is 10.1. The first-order chi connectivity index (χ1) is 9.05. The third kappa shape index (κ3) is 2.42. The van der Waals surface area contributed by atoms with Gasteiger partial charge in [0.25, 0.3) is 0 Å². The zero-order valence-corrected chi connectivity index (χ0v) is 13.2. The maximum absolute atomic E-state index is 2.58. The van der Waals surface area contributed by atoms with Crippen molar-refractivity contribution < 1.29 is 0 Å². The van der Waals surface area contributed by atoms with Gasteiger partial charge in [-0.1, -0.05) is 55.2 Å². The van der Waals surface area contributed by atoms with Gasteiger partial charge in [-0.25, -0.2) is 0 Å². The minimum atomic E-state index is -1.26. The Morgan fingerprint density at radius 1 is 0.947 bits per heavy atom. The van der Waals surface area contributed by atoms with Crippen LogP contribution in [0.1, 0.15) is 12.8 Å². The van der Waals surface area contributed by atoms with Crippen molar-refractivity contribution in [3.05, 3.63) is 36.4 Å². The zero-order valence-electron chi connectivity index (χ0n) is 12.2. The SMILES string of the molecule is C[Si](C)(C)c1cc(N2CCCC2)c2ccccc2c1. The van der Waals surface area contributed by atoms with Gasteiger partial charge in [-0.05, 0) is 24.3 Å². The summed E-state index contributed by atoms with van der Waals surface area (Å²) in [7, 11) is -1.26. The molecule has 0 radical (unpaired) electrons. The molecule has 19 heavy (non-hydrogen) atoms. The third-order valence-corrected chi connectivity index (χ3v) is 6.17. The van der Waals surface area contributed by atoms with Gasteiger partial charge < -0.3 is 4.90 Å². The van der Waals surface area contributed by atoms with Crippen molar-refractivity contribution in [3.63, 3.8) is 0 Å². The fourth-order valence-corrected chi connectivity index (χ4v) is 4.10. The molecule has 1 aliphatic rings. The molecular weight excluding hydrogens is 246 g/mol. The van der Waals surface area contributed by atoms with E-state index in [4.69, 9.17) is 0 Å². The number of hydrogen-bond acceptors (Lipinski definition) is 1. The van der Waals surface area contributed by atoms with Crippen LogP contribution in [0, 0.1) is 0 Å². The van der Waals surface area contributed by atoms with E-state index in [2.05, 4.69) is 60.9 Å². The van der Waals surface area contributed by atoms with Crippen LogP contribution in [0.4, 0.5) is 5.69 Å². The van der Waals surface area contributed by atoms with E-state index in [0.717, 1.165) is 0 Å². The zero-order chi connectivity index (χ0) is 13.5. The standard InChI is InChI=1S/C17H23NSi/c1-19(2,3)15-12-14-8-4-5-9-16(14)17(13-15)18-10-6-7-11-18/h4-5,8-9,12-13H,6-7,10-11H2,1-3H3. The molecule has 1 aliphatic heterocycles. The van der Waals surface area contributed by atoms with Gasteiger partial charge in [0, 0.05) is 24.2 Å². The van der Waals surface area contributed by atoms with Gasteiger partial charge in [-0.2, -0.15) is 0 Å². The highest BCUT2D eigenvalue weighted by molar-refractivity contribution is 6.88. The molecule has 0 spiro atoms. The van der Waals surface area contributed by atoms with Crippen molar-refractivity contribution in [2.24, 2.45) is 0 Å². The van der Waals surface area contributed by atoms with E-state index in [9.17, 15) is 0 Å². The molecule has 1 nitrogen and oxygen atoms in total. The first-order valence-electron chi connectivity index (χ1n) is 7.34. The lowest BCUT2D eigenvalue weighted by Gasteiger charge is -2.24. The van der Waals surface area contributed by atoms with Crippen LogP contribution >= 0.6 is 0 Å². The van der Waals surface area contributed by atoms with Crippen LogP contribution in [0.15, 0.2) is 36.4 Å². The molecule has 2 aromatic carbocycles. The number of anilines is 1. The Morgan fingerprint density at radius 3 is 2.32 bits per heavy atom. The van der Waals surface area contributed by atoms with Gasteiger partial charge in [0.1, 0.15) is 0 Å². The van der Waals surface area contributed by atoms with E-state index < -0.39 is 8.07 Å². The molecule has 0 amide bonds. The fourth-order valence-electron chi connectivity index (χ4n) is 2.94. The van der Waals surface area contributed by atoms with Crippen LogP contribution in [-0.2, 0) is 0 Å². The van der Waals surface area contributed by atoms with E-state index in [-0.39, 0.29) is 0 Å². The maximum atomic E-state index is 2.58. The predicted molar refractivity (Wildman–Crippen MR) is 88.4 cm³/mol. The van der Waals surface area contributed by atoms with Crippen molar-refractivity contribution in [1.29, 1.82) is 0 Å². The first-order valence-corrected chi connectivity index (χ1v) is 10.8. The molecule has 0 saturated carbocycles. The van der Waals surface area contributed by atoms with Gasteiger partial charge in [0.2, 0.25) is 0 Å². The first kappa shape index (κ1) is 12.7. The second-order valence-corrected chi connectivity index (χ2v) is 11.7.